The van der Waals surface area contributed by atoms with E-state index < -0.39 is 10.0 Å². The number of sulfonamides is 1. The summed E-state index contributed by atoms with van der Waals surface area (Å²) in [6, 6.07) is 14.0. The van der Waals surface area contributed by atoms with Crippen LogP contribution in [0, 0.1) is 0 Å². The summed E-state index contributed by atoms with van der Waals surface area (Å²) in [5.41, 5.74) is 1.93. The van der Waals surface area contributed by atoms with Gasteiger partial charge in [0.1, 0.15) is 0 Å². The topological polar surface area (TPSA) is 75.3 Å². The lowest BCUT2D eigenvalue weighted by atomic mass is 10.1. The lowest BCUT2D eigenvalue weighted by molar-refractivity contribution is -0.116. The molecule has 1 amide bonds. The van der Waals surface area contributed by atoms with E-state index in [9.17, 15) is 13.2 Å². The summed E-state index contributed by atoms with van der Waals surface area (Å²) in [5, 5.41) is 2.76. The predicted octanol–water partition coefficient (Wildman–Crippen LogP) is 3.71. The average Bonchev–Trinajstić information content (AvgIpc) is 2.57. The summed E-state index contributed by atoms with van der Waals surface area (Å²) in [5.74, 6) is -0.234. The molecule has 0 radical (unpaired) electrons. The summed E-state index contributed by atoms with van der Waals surface area (Å²) in [4.78, 5) is 12.1. The number of nitrogens with one attached hydrogen (secondary N) is 2. The minimum absolute atomic E-state index is 0.0398. The quantitative estimate of drug-likeness (QED) is 0.677. The minimum atomic E-state index is -3.61. The van der Waals surface area contributed by atoms with Gasteiger partial charge in [-0.3, -0.25) is 4.79 Å². The standard InChI is InChI=1S/C18H21BrN2O3S/c1-2-3-14-4-8-16(9-5-14)21-18(22)12-13-20-25(23,24)17-10-6-15(19)7-11-17/h4-11,20H,2-3,12-13H2,1H3,(H,21,22). The third-order valence-corrected chi connectivity index (χ3v) is 5.55. The summed E-state index contributed by atoms with van der Waals surface area (Å²) < 4.78 is 27.5. The Labute approximate surface area is 157 Å². The van der Waals surface area contributed by atoms with Crippen molar-refractivity contribution in [2.24, 2.45) is 0 Å². The zero-order chi connectivity index (χ0) is 18.3. The lowest BCUT2D eigenvalue weighted by Crippen LogP contribution is -2.27. The maximum absolute atomic E-state index is 12.1. The van der Waals surface area contributed by atoms with Crippen LogP contribution in [0.15, 0.2) is 57.9 Å². The van der Waals surface area contributed by atoms with Gasteiger partial charge in [0.05, 0.1) is 4.90 Å². The Morgan fingerprint density at radius 3 is 2.28 bits per heavy atom. The first-order valence-corrected chi connectivity index (χ1v) is 10.3. The van der Waals surface area contributed by atoms with Gasteiger partial charge in [-0.15, -0.1) is 0 Å². The van der Waals surface area contributed by atoms with Crippen molar-refractivity contribution in [1.82, 2.24) is 4.72 Å². The highest BCUT2D eigenvalue weighted by Crippen LogP contribution is 2.14. The molecule has 7 heteroatoms. The van der Waals surface area contributed by atoms with Crippen molar-refractivity contribution in [2.75, 3.05) is 11.9 Å². The molecule has 0 saturated carbocycles. The third-order valence-electron chi connectivity index (χ3n) is 3.54. The molecular weight excluding hydrogens is 404 g/mol. The van der Waals surface area contributed by atoms with Crippen LogP contribution in [0.4, 0.5) is 5.69 Å². The molecule has 0 saturated heterocycles. The smallest absolute Gasteiger partial charge is 0.240 e. The summed E-state index contributed by atoms with van der Waals surface area (Å²) >= 11 is 3.26. The fourth-order valence-corrected chi connectivity index (χ4v) is 3.56. The number of benzene rings is 2. The van der Waals surface area contributed by atoms with E-state index in [2.05, 4.69) is 32.9 Å². The van der Waals surface area contributed by atoms with Gasteiger partial charge in [0.2, 0.25) is 15.9 Å². The maximum atomic E-state index is 12.1. The van der Waals surface area contributed by atoms with E-state index in [0.29, 0.717) is 5.69 Å². The second kappa shape index (κ2) is 9.12. The number of hydrogen-bond donors (Lipinski definition) is 2. The summed E-state index contributed by atoms with van der Waals surface area (Å²) in [6.07, 6.45) is 2.14. The van der Waals surface area contributed by atoms with Gasteiger partial charge in [-0.2, -0.15) is 0 Å². The number of amides is 1. The molecule has 0 atom stereocenters. The Kier molecular flexibility index (Phi) is 7.16. The van der Waals surface area contributed by atoms with E-state index in [1.807, 2.05) is 24.3 Å². The van der Waals surface area contributed by atoms with Gasteiger partial charge in [-0.1, -0.05) is 41.4 Å². The summed E-state index contributed by atoms with van der Waals surface area (Å²) in [7, 11) is -3.61. The van der Waals surface area contributed by atoms with Gasteiger partial charge in [0, 0.05) is 23.1 Å². The van der Waals surface area contributed by atoms with Crippen molar-refractivity contribution >= 4 is 37.5 Å². The second-order valence-electron chi connectivity index (χ2n) is 5.60. The molecule has 0 aliphatic heterocycles. The van der Waals surface area contributed by atoms with Crippen molar-refractivity contribution < 1.29 is 13.2 Å². The lowest BCUT2D eigenvalue weighted by Gasteiger charge is -2.08. The molecule has 0 bridgehead atoms. The normalized spacial score (nSPS) is 11.3. The second-order valence-corrected chi connectivity index (χ2v) is 8.28. The number of rotatable bonds is 8. The molecular formula is C18H21BrN2O3S. The molecule has 0 heterocycles. The van der Waals surface area contributed by atoms with Crippen LogP contribution in [0.2, 0.25) is 0 Å². The molecule has 2 rings (SSSR count). The fraction of sp³-hybridized carbons (Fsp3) is 0.278. The van der Waals surface area contributed by atoms with Crippen molar-refractivity contribution in [3.8, 4) is 0 Å². The van der Waals surface area contributed by atoms with E-state index in [1.54, 1.807) is 12.1 Å². The first-order chi connectivity index (χ1) is 11.9. The number of carbonyl (C=O) groups is 1. The van der Waals surface area contributed by atoms with Crippen molar-refractivity contribution in [3.63, 3.8) is 0 Å². The fourth-order valence-electron chi connectivity index (χ4n) is 2.26. The molecule has 0 aliphatic rings. The molecule has 5 nitrogen and oxygen atoms in total. The van der Waals surface area contributed by atoms with Crippen LogP contribution < -0.4 is 10.0 Å². The van der Waals surface area contributed by atoms with E-state index >= 15 is 0 Å². The number of aryl methyl sites for hydroxylation is 1. The van der Waals surface area contributed by atoms with Gasteiger partial charge < -0.3 is 5.32 Å². The summed E-state index contributed by atoms with van der Waals surface area (Å²) in [6.45, 7) is 2.16. The number of carbonyl (C=O) groups excluding carboxylic acids is 1. The number of anilines is 1. The van der Waals surface area contributed by atoms with Crippen molar-refractivity contribution in [3.05, 3.63) is 58.6 Å². The van der Waals surface area contributed by atoms with Crippen LogP contribution in [0.25, 0.3) is 0 Å². The molecule has 2 aromatic rings. The van der Waals surface area contributed by atoms with Crippen LogP contribution in [-0.2, 0) is 21.2 Å². The first-order valence-electron chi connectivity index (χ1n) is 8.05. The maximum Gasteiger partial charge on any atom is 0.240 e. The van der Waals surface area contributed by atoms with Crippen LogP contribution >= 0.6 is 15.9 Å². The first kappa shape index (κ1) is 19.6. The molecule has 0 spiro atoms. The van der Waals surface area contributed by atoms with Gasteiger partial charge in [0.25, 0.3) is 0 Å². The molecule has 134 valence electrons. The predicted molar refractivity (Wildman–Crippen MR) is 103 cm³/mol. The zero-order valence-electron chi connectivity index (χ0n) is 14.0. The zero-order valence-corrected chi connectivity index (χ0v) is 16.4. The average molecular weight is 425 g/mol. The molecule has 2 N–H and O–H groups in total. The Balaban J connectivity index is 1.82. The molecule has 25 heavy (non-hydrogen) atoms. The molecule has 0 aliphatic carbocycles. The molecule has 0 fully saturated rings. The van der Waals surface area contributed by atoms with Crippen LogP contribution in [0.5, 0.6) is 0 Å². The number of hydrogen-bond acceptors (Lipinski definition) is 3. The molecule has 0 aromatic heterocycles. The van der Waals surface area contributed by atoms with E-state index in [4.69, 9.17) is 0 Å². The third kappa shape index (κ3) is 6.26. The largest absolute Gasteiger partial charge is 0.326 e. The van der Waals surface area contributed by atoms with Gasteiger partial charge in [0.15, 0.2) is 0 Å². The van der Waals surface area contributed by atoms with E-state index in [-0.39, 0.29) is 23.8 Å². The molecule has 0 unspecified atom stereocenters. The van der Waals surface area contributed by atoms with Crippen LogP contribution in [-0.4, -0.2) is 20.9 Å². The Morgan fingerprint density at radius 2 is 1.68 bits per heavy atom. The van der Waals surface area contributed by atoms with Gasteiger partial charge >= 0.3 is 0 Å². The Morgan fingerprint density at radius 1 is 1.04 bits per heavy atom. The monoisotopic (exact) mass is 424 g/mol. The molecule has 2 aromatic carbocycles. The Hall–Kier alpha value is -1.70. The SMILES string of the molecule is CCCc1ccc(NC(=O)CCNS(=O)(=O)c2ccc(Br)cc2)cc1. The Bertz CT molecular complexity index is 803. The highest BCUT2D eigenvalue weighted by atomic mass is 79.9. The highest BCUT2D eigenvalue weighted by molar-refractivity contribution is 9.10. The van der Waals surface area contributed by atoms with Gasteiger partial charge in [-0.25, -0.2) is 13.1 Å². The van der Waals surface area contributed by atoms with Crippen LogP contribution in [0.3, 0.4) is 0 Å². The van der Waals surface area contributed by atoms with E-state index in [0.717, 1.165) is 17.3 Å². The minimum Gasteiger partial charge on any atom is -0.326 e. The van der Waals surface area contributed by atoms with Crippen molar-refractivity contribution in [1.29, 1.82) is 0 Å². The van der Waals surface area contributed by atoms with E-state index in [1.165, 1.54) is 17.7 Å². The van der Waals surface area contributed by atoms with Crippen molar-refractivity contribution in [2.45, 2.75) is 31.1 Å². The number of halogens is 1. The van der Waals surface area contributed by atoms with Gasteiger partial charge in [-0.05, 0) is 48.4 Å². The highest BCUT2D eigenvalue weighted by Gasteiger charge is 2.14. The van der Waals surface area contributed by atoms with Crippen LogP contribution in [0.1, 0.15) is 25.3 Å².